The number of hydrogen-bond donors (Lipinski definition) is 4. The first kappa shape index (κ1) is 17.1. The molecule has 0 bridgehead atoms. The third kappa shape index (κ3) is 6.77. The van der Waals surface area contributed by atoms with Gasteiger partial charge in [-0.25, -0.2) is 4.57 Å². The lowest BCUT2D eigenvalue weighted by molar-refractivity contribution is 0.275. The second kappa shape index (κ2) is 6.90. The fourth-order valence-corrected chi connectivity index (χ4v) is 1.51. The maximum absolute atomic E-state index is 9.93. The van der Waals surface area contributed by atoms with Crippen LogP contribution in [-0.4, -0.2) is 19.8 Å². The summed E-state index contributed by atoms with van der Waals surface area (Å²) in [6.45, 7) is 8.39. The third-order valence-corrected chi connectivity index (χ3v) is 2.34. The summed E-state index contributed by atoms with van der Waals surface area (Å²) in [5, 5.41) is 9.93. The molecular formula is C12H21O5P. The van der Waals surface area contributed by atoms with Crippen molar-refractivity contribution in [1.82, 2.24) is 0 Å². The summed E-state index contributed by atoms with van der Waals surface area (Å²) in [5.41, 5.74) is 2.09. The highest BCUT2D eigenvalue weighted by Crippen LogP contribution is 2.32. The number of rotatable bonds is 2. The van der Waals surface area contributed by atoms with Gasteiger partial charge in [0.2, 0.25) is 0 Å². The molecule has 0 saturated carbocycles. The third-order valence-electron chi connectivity index (χ3n) is 2.34. The van der Waals surface area contributed by atoms with Crippen LogP contribution in [0.25, 0.3) is 0 Å². The van der Waals surface area contributed by atoms with Crippen molar-refractivity contribution in [3.8, 4) is 5.75 Å². The Balaban J connectivity index is 0.000000494. The minimum absolute atomic E-state index is 0.388. The van der Waals surface area contributed by atoms with Crippen LogP contribution in [0.5, 0.6) is 5.75 Å². The molecule has 1 rings (SSSR count). The number of aromatic hydroxyl groups is 1. The molecule has 0 radical (unpaired) electrons. The van der Waals surface area contributed by atoms with Gasteiger partial charge in [0, 0.05) is 0 Å². The number of para-hydroxylation sites is 1. The zero-order chi connectivity index (χ0) is 14.5. The van der Waals surface area contributed by atoms with Gasteiger partial charge in [0.25, 0.3) is 0 Å². The molecule has 0 spiro atoms. The minimum atomic E-state index is -4.64. The first-order chi connectivity index (χ1) is 8.04. The van der Waals surface area contributed by atoms with Gasteiger partial charge in [-0.3, -0.25) is 0 Å². The zero-order valence-electron chi connectivity index (χ0n) is 11.0. The topological polar surface area (TPSA) is 98.0 Å². The SMILES string of the molecule is CC(C)c1cccc(C(C)C)c1O.O=P(O)(O)O. The van der Waals surface area contributed by atoms with Gasteiger partial charge in [0.15, 0.2) is 0 Å². The van der Waals surface area contributed by atoms with E-state index in [2.05, 4.69) is 27.7 Å². The molecule has 1 aromatic rings. The van der Waals surface area contributed by atoms with Gasteiger partial charge in [-0.1, -0.05) is 45.9 Å². The fraction of sp³-hybridized carbons (Fsp3) is 0.500. The predicted octanol–water partition coefficient (Wildman–Crippen LogP) is 2.71. The van der Waals surface area contributed by atoms with E-state index in [0.717, 1.165) is 11.1 Å². The molecule has 0 unspecified atom stereocenters. The molecule has 0 saturated heterocycles. The monoisotopic (exact) mass is 276 g/mol. The Labute approximate surface area is 107 Å². The van der Waals surface area contributed by atoms with E-state index in [1.807, 2.05) is 18.2 Å². The van der Waals surface area contributed by atoms with Crippen molar-refractivity contribution < 1.29 is 24.4 Å². The van der Waals surface area contributed by atoms with Crippen LogP contribution in [0.2, 0.25) is 0 Å². The number of phosphoric acid groups is 1. The predicted molar refractivity (Wildman–Crippen MR) is 70.5 cm³/mol. The maximum atomic E-state index is 9.93. The molecule has 0 aromatic heterocycles. The highest BCUT2D eigenvalue weighted by molar-refractivity contribution is 7.45. The largest absolute Gasteiger partial charge is 0.507 e. The Morgan fingerprint density at radius 3 is 1.44 bits per heavy atom. The lowest BCUT2D eigenvalue weighted by Gasteiger charge is -2.14. The van der Waals surface area contributed by atoms with Crippen LogP contribution in [0.4, 0.5) is 0 Å². The zero-order valence-corrected chi connectivity index (χ0v) is 11.9. The van der Waals surface area contributed by atoms with E-state index in [4.69, 9.17) is 19.2 Å². The molecular weight excluding hydrogens is 255 g/mol. The lowest BCUT2D eigenvalue weighted by Crippen LogP contribution is -1.94. The molecule has 0 aliphatic carbocycles. The Kier molecular flexibility index (Phi) is 6.57. The molecule has 104 valence electrons. The first-order valence-corrected chi connectivity index (χ1v) is 7.20. The fourth-order valence-electron chi connectivity index (χ4n) is 1.51. The van der Waals surface area contributed by atoms with Gasteiger partial charge < -0.3 is 19.8 Å². The minimum Gasteiger partial charge on any atom is -0.507 e. The van der Waals surface area contributed by atoms with Crippen molar-refractivity contribution in [2.45, 2.75) is 39.5 Å². The number of hydrogen-bond acceptors (Lipinski definition) is 2. The highest BCUT2D eigenvalue weighted by atomic mass is 31.2. The average Bonchev–Trinajstić information content (AvgIpc) is 2.14. The normalized spacial score (nSPS) is 11.4. The van der Waals surface area contributed by atoms with Crippen LogP contribution >= 0.6 is 7.82 Å². The molecule has 0 aliphatic heterocycles. The molecule has 4 N–H and O–H groups in total. The first-order valence-electron chi connectivity index (χ1n) is 5.64. The van der Waals surface area contributed by atoms with E-state index in [1.165, 1.54) is 0 Å². The van der Waals surface area contributed by atoms with Crippen LogP contribution < -0.4 is 0 Å². The van der Waals surface area contributed by atoms with E-state index in [1.54, 1.807) is 0 Å². The van der Waals surface area contributed by atoms with Crippen molar-refractivity contribution in [2.24, 2.45) is 0 Å². The van der Waals surface area contributed by atoms with E-state index < -0.39 is 7.82 Å². The van der Waals surface area contributed by atoms with Crippen LogP contribution in [0.15, 0.2) is 18.2 Å². The molecule has 0 fully saturated rings. The highest BCUT2D eigenvalue weighted by Gasteiger charge is 2.11. The summed E-state index contributed by atoms with van der Waals surface area (Å²) < 4.78 is 8.88. The summed E-state index contributed by atoms with van der Waals surface area (Å²) in [5.74, 6) is 1.25. The van der Waals surface area contributed by atoms with Crippen molar-refractivity contribution >= 4 is 7.82 Å². The number of phenolic OH excluding ortho intramolecular Hbond substituents is 1. The van der Waals surface area contributed by atoms with Gasteiger partial charge in [-0.05, 0) is 23.0 Å². The van der Waals surface area contributed by atoms with Crippen molar-refractivity contribution in [2.75, 3.05) is 0 Å². The Bertz CT molecular complexity index is 388. The molecule has 5 nitrogen and oxygen atoms in total. The Hall–Kier alpha value is -0.870. The van der Waals surface area contributed by atoms with Gasteiger partial charge in [0.1, 0.15) is 5.75 Å². The number of phenols is 1. The average molecular weight is 276 g/mol. The van der Waals surface area contributed by atoms with E-state index >= 15 is 0 Å². The maximum Gasteiger partial charge on any atom is 0.466 e. The molecule has 6 heteroatoms. The molecule has 0 heterocycles. The summed E-state index contributed by atoms with van der Waals surface area (Å²) >= 11 is 0. The second-order valence-electron chi connectivity index (χ2n) is 4.61. The number of benzene rings is 1. The van der Waals surface area contributed by atoms with Crippen LogP contribution in [-0.2, 0) is 4.57 Å². The lowest BCUT2D eigenvalue weighted by atomic mass is 9.94. The van der Waals surface area contributed by atoms with E-state index in [0.29, 0.717) is 17.6 Å². The summed E-state index contributed by atoms with van der Waals surface area (Å²) in [7, 11) is -4.64. The van der Waals surface area contributed by atoms with Gasteiger partial charge in [-0.15, -0.1) is 0 Å². The summed E-state index contributed by atoms with van der Waals surface area (Å²) in [6, 6.07) is 6.00. The Morgan fingerprint density at radius 1 is 0.944 bits per heavy atom. The molecule has 1 aromatic carbocycles. The molecule has 18 heavy (non-hydrogen) atoms. The van der Waals surface area contributed by atoms with Crippen molar-refractivity contribution in [3.63, 3.8) is 0 Å². The second-order valence-corrected chi connectivity index (χ2v) is 5.63. The van der Waals surface area contributed by atoms with Crippen LogP contribution in [0, 0.1) is 0 Å². The van der Waals surface area contributed by atoms with Gasteiger partial charge >= 0.3 is 7.82 Å². The van der Waals surface area contributed by atoms with Crippen molar-refractivity contribution in [1.29, 1.82) is 0 Å². The summed E-state index contributed by atoms with van der Waals surface area (Å²) in [4.78, 5) is 21.6. The molecule has 0 atom stereocenters. The summed E-state index contributed by atoms with van der Waals surface area (Å²) in [6.07, 6.45) is 0. The van der Waals surface area contributed by atoms with Crippen molar-refractivity contribution in [3.05, 3.63) is 29.3 Å². The van der Waals surface area contributed by atoms with Crippen LogP contribution in [0.1, 0.15) is 50.7 Å². The smallest absolute Gasteiger partial charge is 0.466 e. The van der Waals surface area contributed by atoms with E-state index in [9.17, 15) is 5.11 Å². The molecule has 0 amide bonds. The van der Waals surface area contributed by atoms with E-state index in [-0.39, 0.29) is 0 Å². The molecule has 0 aliphatic rings. The van der Waals surface area contributed by atoms with Gasteiger partial charge in [-0.2, -0.15) is 0 Å². The van der Waals surface area contributed by atoms with Crippen LogP contribution in [0.3, 0.4) is 0 Å². The Morgan fingerprint density at radius 2 is 1.22 bits per heavy atom. The standard InChI is InChI=1S/C12H18O.H3O4P/c1-8(2)10-6-5-7-11(9(3)4)12(10)13;1-5(2,3)4/h5-9,13H,1-4H3;(H3,1,2,3,4). The quantitative estimate of drug-likeness (QED) is 0.622. The van der Waals surface area contributed by atoms with Gasteiger partial charge in [0.05, 0.1) is 0 Å².